The zero-order valence-corrected chi connectivity index (χ0v) is 11.7. The fourth-order valence-electron chi connectivity index (χ4n) is 2.75. The molecule has 0 amide bonds. The summed E-state index contributed by atoms with van der Waals surface area (Å²) < 4.78 is 28.5. The van der Waals surface area contributed by atoms with Crippen LogP contribution >= 0.6 is 7.82 Å². The minimum absolute atomic E-state index is 0.0986. The van der Waals surface area contributed by atoms with Crippen LogP contribution in [0.15, 0.2) is 30.6 Å². The van der Waals surface area contributed by atoms with Crippen molar-refractivity contribution in [3.8, 4) is 0 Å². The predicted octanol–water partition coefficient (Wildman–Crippen LogP) is 0.810. The molecule has 0 spiro atoms. The van der Waals surface area contributed by atoms with Gasteiger partial charge in [0.25, 0.3) is 0 Å². The maximum Gasteiger partial charge on any atom is 0.472 e. The summed E-state index contributed by atoms with van der Waals surface area (Å²) in [6.07, 6.45) is -1.76. The van der Waals surface area contributed by atoms with Crippen LogP contribution < -0.4 is 0 Å². The van der Waals surface area contributed by atoms with Crippen LogP contribution in [0.5, 0.6) is 0 Å². The SMILES string of the molecule is O=P1(O)OCC2OC(n3cnc4ccccc43)C(O)C2O1. The summed E-state index contributed by atoms with van der Waals surface area (Å²) >= 11 is 0. The summed E-state index contributed by atoms with van der Waals surface area (Å²) in [6, 6.07) is 7.43. The van der Waals surface area contributed by atoms with Gasteiger partial charge in [-0.3, -0.25) is 9.05 Å². The van der Waals surface area contributed by atoms with E-state index in [0.29, 0.717) is 0 Å². The smallest absolute Gasteiger partial charge is 0.386 e. The fraction of sp³-hybridized carbons (Fsp3) is 0.417. The lowest BCUT2D eigenvalue weighted by molar-refractivity contribution is -0.0663. The summed E-state index contributed by atoms with van der Waals surface area (Å²) in [6.45, 7) is -0.0986. The van der Waals surface area contributed by atoms with Crippen LogP contribution in [-0.2, 0) is 18.3 Å². The molecule has 0 saturated carbocycles. The number of hydrogen-bond donors (Lipinski definition) is 2. The third-order valence-electron chi connectivity index (χ3n) is 3.72. The Bertz CT molecular complexity index is 733. The van der Waals surface area contributed by atoms with E-state index in [9.17, 15) is 14.6 Å². The number of phosphoric acid groups is 1. The molecule has 2 saturated heterocycles. The number of rotatable bonds is 1. The molecular formula is C12H13N2O6P. The van der Waals surface area contributed by atoms with E-state index < -0.39 is 32.4 Å². The average molecular weight is 312 g/mol. The number of aliphatic hydroxyl groups is 1. The highest BCUT2D eigenvalue weighted by Crippen LogP contribution is 2.52. The van der Waals surface area contributed by atoms with Crippen molar-refractivity contribution in [3.63, 3.8) is 0 Å². The van der Waals surface area contributed by atoms with Gasteiger partial charge >= 0.3 is 7.82 Å². The Kier molecular flexibility index (Phi) is 2.94. The molecule has 2 aliphatic rings. The molecule has 2 aliphatic heterocycles. The van der Waals surface area contributed by atoms with Gasteiger partial charge in [0.05, 0.1) is 24.0 Å². The van der Waals surface area contributed by atoms with Crippen LogP contribution in [0, 0.1) is 0 Å². The third kappa shape index (κ3) is 2.12. The first-order valence-electron chi connectivity index (χ1n) is 6.46. The maximum absolute atomic E-state index is 11.5. The van der Waals surface area contributed by atoms with Gasteiger partial charge in [0, 0.05) is 0 Å². The van der Waals surface area contributed by atoms with Gasteiger partial charge in [0.1, 0.15) is 18.3 Å². The van der Waals surface area contributed by atoms with Crippen LogP contribution in [-0.4, -0.2) is 44.5 Å². The highest BCUT2D eigenvalue weighted by Gasteiger charge is 2.52. The number of aliphatic hydroxyl groups excluding tert-OH is 1. The van der Waals surface area contributed by atoms with E-state index in [1.807, 2.05) is 24.3 Å². The van der Waals surface area contributed by atoms with Crippen LogP contribution in [0.1, 0.15) is 6.23 Å². The van der Waals surface area contributed by atoms with Gasteiger partial charge < -0.3 is 19.3 Å². The van der Waals surface area contributed by atoms with E-state index in [1.165, 1.54) is 0 Å². The molecule has 1 aromatic carbocycles. The van der Waals surface area contributed by atoms with Crippen molar-refractivity contribution in [2.45, 2.75) is 24.5 Å². The van der Waals surface area contributed by atoms with Crippen molar-refractivity contribution in [1.29, 1.82) is 0 Å². The molecule has 5 unspecified atom stereocenters. The van der Waals surface area contributed by atoms with Gasteiger partial charge in [0.2, 0.25) is 0 Å². The lowest BCUT2D eigenvalue weighted by atomic mass is 10.1. The van der Waals surface area contributed by atoms with Crippen LogP contribution in [0.3, 0.4) is 0 Å². The van der Waals surface area contributed by atoms with Crippen molar-refractivity contribution in [2.24, 2.45) is 0 Å². The second-order valence-electron chi connectivity index (χ2n) is 5.03. The number of imidazole rings is 1. The number of fused-ring (bicyclic) bond motifs is 2. The molecule has 2 fully saturated rings. The minimum atomic E-state index is -4.11. The van der Waals surface area contributed by atoms with Crippen LogP contribution in [0.4, 0.5) is 0 Å². The number of aromatic nitrogens is 2. The zero-order chi connectivity index (χ0) is 14.6. The van der Waals surface area contributed by atoms with E-state index in [1.54, 1.807) is 10.9 Å². The standard InChI is InChI=1S/C12H13N2O6P/c15-10-11-9(5-18-21(16,17)20-11)19-12(10)14-6-13-7-3-1-2-4-8(7)14/h1-4,6,9-12,15H,5H2,(H,16,17). The van der Waals surface area contributed by atoms with E-state index in [-0.39, 0.29) is 6.61 Å². The van der Waals surface area contributed by atoms with Crippen molar-refractivity contribution in [2.75, 3.05) is 6.61 Å². The first kappa shape index (κ1) is 13.4. The zero-order valence-electron chi connectivity index (χ0n) is 10.8. The van der Waals surface area contributed by atoms with E-state index in [4.69, 9.17) is 13.8 Å². The Morgan fingerprint density at radius 1 is 1.38 bits per heavy atom. The van der Waals surface area contributed by atoms with Crippen LogP contribution in [0.2, 0.25) is 0 Å². The Labute approximate surface area is 119 Å². The molecule has 21 heavy (non-hydrogen) atoms. The molecule has 112 valence electrons. The van der Waals surface area contributed by atoms with Crippen molar-refractivity contribution in [3.05, 3.63) is 30.6 Å². The van der Waals surface area contributed by atoms with Crippen molar-refractivity contribution < 1.29 is 28.3 Å². The topological polar surface area (TPSA) is 103 Å². The Morgan fingerprint density at radius 2 is 2.19 bits per heavy atom. The van der Waals surface area contributed by atoms with E-state index >= 15 is 0 Å². The van der Waals surface area contributed by atoms with Crippen LogP contribution in [0.25, 0.3) is 11.0 Å². The number of hydrogen-bond acceptors (Lipinski definition) is 6. The molecule has 0 aliphatic carbocycles. The van der Waals surface area contributed by atoms with Crippen molar-refractivity contribution in [1.82, 2.24) is 9.55 Å². The Balaban J connectivity index is 1.69. The normalized spacial score (nSPS) is 39.5. The molecule has 2 N–H and O–H groups in total. The molecule has 1 aromatic heterocycles. The number of benzene rings is 1. The number of phosphoric ester groups is 1. The van der Waals surface area contributed by atoms with Gasteiger partial charge in [-0.1, -0.05) is 12.1 Å². The summed E-state index contributed by atoms with van der Waals surface area (Å²) in [5, 5.41) is 10.4. The van der Waals surface area contributed by atoms with Gasteiger partial charge in [-0.15, -0.1) is 0 Å². The summed E-state index contributed by atoms with van der Waals surface area (Å²) in [5.74, 6) is 0. The predicted molar refractivity (Wildman–Crippen MR) is 70.3 cm³/mol. The molecule has 2 aromatic rings. The van der Waals surface area contributed by atoms with Gasteiger partial charge in [-0.2, -0.15) is 0 Å². The van der Waals surface area contributed by atoms with E-state index in [2.05, 4.69) is 4.98 Å². The molecule has 8 nitrogen and oxygen atoms in total. The Morgan fingerprint density at radius 3 is 3.05 bits per heavy atom. The monoisotopic (exact) mass is 312 g/mol. The molecule has 3 heterocycles. The Hall–Kier alpha value is -1.28. The van der Waals surface area contributed by atoms with Gasteiger partial charge in [-0.05, 0) is 12.1 Å². The summed E-state index contributed by atoms with van der Waals surface area (Å²) in [7, 11) is -4.11. The quantitative estimate of drug-likeness (QED) is 0.751. The molecule has 0 radical (unpaired) electrons. The first-order chi connectivity index (χ1) is 10.1. The molecule has 9 heteroatoms. The third-order valence-corrected chi connectivity index (χ3v) is 4.71. The number of para-hydroxylation sites is 2. The van der Waals surface area contributed by atoms with E-state index in [0.717, 1.165) is 11.0 Å². The number of nitrogens with zero attached hydrogens (tertiary/aromatic N) is 2. The summed E-state index contributed by atoms with van der Waals surface area (Å²) in [4.78, 5) is 13.6. The second kappa shape index (κ2) is 4.61. The van der Waals surface area contributed by atoms with Crippen molar-refractivity contribution >= 4 is 18.9 Å². The molecular weight excluding hydrogens is 299 g/mol. The first-order valence-corrected chi connectivity index (χ1v) is 7.95. The average Bonchev–Trinajstić information content (AvgIpc) is 3.00. The molecule has 4 rings (SSSR count). The second-order valence-corrected chi connectivity index (χ2v) is 6.44. The molecule has 0 bridgehead atoms. The summed E-state index contributed by atoms with van der Waals surface area (Å²) in [5.41, 5.74) is 1.57. The van der Waals surface area contributed by atoms with Gasteiger partial charge in [-0.25, -0.2) is 9.55 Å². The maximum atomic E-state index is 11.5. The fourth-order valence-corrected chi connectivity index (χ4v) is 3.71. The lowest BCUT2D eigenvalue weighted by Crippen LogP contribution is -2.39. The highest BCUT2D eigenvalue weighted by atomic mass is 31.2. The van der Waals surface area contributed by atoms with Gasteiger partial charge in [0.15, 0.2) is 6.23 Å². The number of ether oxygens (including phenoxy) is 1. The largest absolute Gasteiger partial charge is 0.472 e. The minimum Gasteiger partial charge on any atom is -0.386 e. The molecule has 5 atom stereocenters. The highest BCUT2D eigenvalue weighted by molar-refractivity contribution is 7.47. The lowest BCUT2D eigenvalue weighted by Gasteiger charge is -2.27.